The Bertz CT molecular complexity index is 343. The van der Waals surface area contributed by atoms with E-state index >= 15 is 0 Å². The van der Waals surface area contributed by atoms with E-state index in [-0.39, 0.29) is 0 Å². The van der Waals surface area contributed by atoms with Gasteiger partial charge in [-0.05, 0) is 32.0 Å². The van der Waals surface area contributed by atoms with Gasteiger partial charge in [-0.3, -0.25) is 0 Å². The predicted octanol–water partition coefficient (Wildman–Crippen LogP) is 2.18. The maximum Gasteiger partial charge on any atom is 0.151 e. The van der Waals surface area contributed by atoms with Crippen LogP contribution in [0, 0.1) is 0 Å². The van der Waals surface area contributed by atoms with Crippen molar-refractivity contribution in [3.8, 4) is 0 Å². The van der Waals surface area contributed by atoms with E-state index in [0.717, 1.165) is 18.9 Å². The molecule has 18 heavy (non-hydrogen) atoms. The molecule has 4 heteroatoms. The second-order valence-corrected chi connectivity index (χ2v) is 5.18. The third kappa shape index (κ3) is 3.42. The molecule has 2 rings (SSSR count). The molecule has 0 saturated heterocycles. The molecule has 0 amide bonds. The number of hydrogen-bond acceptors (Lipinski definition) is 4. The Morgan fingerprint density at radius 2 is 2.00 bits per heavy atom. The Labute approximate surface area is 110 Å². The molecule has 1 aromatic rings. The lowest BCUT2D eigenvalue weighted by Gasteiger charge is -2.22. The van der Waals surface area contributed by atoms with Crippen molar-refractivity contribution in [3.63, 3.8) is 0 Å². The minimum absolute atomic E-state index is 0.642. The number of anilines is 1. The van der Waals surface area contributed by atoms with E-state index in [0.29, 0.717) is 5.92 Å². The monoisotopic (exact) mass is 248 g/mol. The average Bonchev–Trinajstić information content (AvgIpc) is 2.46. The Morgan fingerprint density at radius 3 is 2.61 bits per heavy atom. The molecule has 100 valence electrons. The summed E-state index contributed by atoms with van der Waals surface area (Å²) >= 11 is 0. The van der Waals surface area contributed by atoms with Crippen molar-refractivity contribution in [3.05, 3.63) is 17.8 Å². The molecule has 1 saturated carbocycles. The van der Waals surface area contributed by atoms with Crippen LogP contribution in [0.4, 0.5) is 5.82 Å². The van der Waals surface area contributed by atoms with Gasteiger partial charge in [-0.25, -0.2) is 0 Å². The summed E-state index contributed by atoms with van der Waals surface area (Å²) < 4.78 is 0. The predicted molar refractivity (Wildman–Crippen MR) is 75.1 cm³/mol. The molecule has 0 bridgehead atoms. The van der Waals surface area contributed by atoms with Crippen molar-refractivity contribution < 1.29 is 0 Å². The summed E-state index contributed by atoms with van der Waals surface area (Å²) in [7, 11) is 4.02. The molecule has 0 radical (unpaired) electrons. The first-order chi connectivity index (χ1) is 8.81. The number of nitrogens with one attached hydrogen (secondary N) is 1. The van der Waals surface area contributed by atoms with Crippen LogP contribution in [0.15, 0.2) is 12.1 Å². The molecule has 4 nitrogen and oxygen atoms in total. The third-order valence-corrected chi connectivity index (χ3v) is 3.78. The lowest BCUT2D eigenvalue weighted by atomic mass is 9.87. The molecule has 0 unspecified atom stereocenters. The maximum absolute atomic E-state index is 4.42. The molecule has 1 aromatic heterocycles. The zero-order valence-electron chi connectivity index (χ0n) is 11.5. The molecule has 1 aliphatic rings. The van der Waals surface area contributed by atoms with Gasteiger partial charge in [0.05, 0.1) is 5.69 Å². The second kappa shape index (κ2) is 6.69. The van der Waals surface area contributed by atoms with Gasteiger partial charge in [0.25, 0.3) is 0 Å². The minimum atomic E-state index is 0.642. The summed E-state index contributed by atoms with van der Waals surface area (Å²) in [6, 6.07) is 4.26. The summed E-state index contributed by atoms with van der Waals surface area (Å²) in [5.41, 5.74) is 1.18. The summed E-state index contributed by atoms with van der Waals surface area (Å²) in [5.74, 6) is 1.60. The van der Waals surface area contributed by atoms with Gasteiger partial charge in [0.15, 0.2) is 5.82 Å². The normalized spacial score (nSPS) is 16.8. The van der Waals surface area contributed by atoms with Crippen LogP contribution in [0.1, 0.15) is 43.7 Å². The largest absolute Gasteiger partial charge is 0.357 e. The zero-order valence-corrected chi connectivity index (χ0v) is 11.5. The fourth-order valence-corrected chi connectivity index (χ4v) is 2.55. The number of rotatable bonds is 5. The topological polar surface area (TPSA) is 41.0 Å². The van der Waals surface area contributed by atoms with Gasteiger partial charge >= 0.3 is 0 Å². The standard InChI is InChI=1S/C14H24N4/c1-15-10-11-18(2)14-9-8-13(16-17-14)12-6-4-3-5-7-12/h8-9,12,15H,3-7,10-11H2,1-2H3. The van der Waals surface area contributed by atoms with E-state index in [9.17, 15) is 0 Å². The first kappa shape index (κ1) is 13.3. The van der Waals surface area contributed by atoms with Gasteiger partial charge in [-0.2, -0.15) is 5.10 Å². The third-order valence-electron chi connectivity index (χ3n) is 3.78. The van der Waals surface area contributed by atoms with E-state index in [2.05, 4.69) is 39.6 Å². The van der Waals surface area contributed by atoms with E-state index in [1.54, 1.807) is 0 Å². The Morgan fingerprint density at radius 1 is 1.22 bits per heavy atom. The molecule has 1 aliphatic carbocycles. The van der Waals surface area contributed by atoms with Crippen LogP contribution in [-0.4, -0.2) is 37.4 Å². The van der Waals surface area contributed by atoms with Crippen LogP contribution < -0.4 is 10.2 Å². The van der Waals surface area contributed by atoms with Gasteiger partial charge in [-0.15, -0.1) is 5.10 Å². The second-order valence-electron chi connectivity index (χ2n) is 5.18. The van der Waals surface area contributed by atoms with Crippen molar-refractivity contribution in [2.45, 2.75) is 38.0 Å². The van der Waals surface area contributed by atoms with Crippen molar-refractivity contribution in [2.24, 2.45) is 0 Å². The van der Waals surface area contributed by atoms with Crippen LogP contribution in [0.2, 0.25) is 0 Å². The van der Waals surface area contributed by atoms with E-state index < -0.39 is 0 Å². The molecular formula is C14H24N4. The molecule has 0 aliphatic heterocycles. The molecule has 0 spiro atoms. The Hall–Kier alpha value is -1.16. The lowest BCUT2D eigenvalue weighted by molar-refractivity contribution is 0.434. The Kier molecular flexibility index (Phi) is 4.93. The number of likely N-dealkylation sites (N-methyl/N-ethyl adjacent to an activating group) is 2. The van der Waals surface area contributed by atoms with E-state index in [1.807, 2.05) is 7.05 Å². The molecule has 1 heterocycles. The van der Waals surface area contributed by atoms with Gasteiger partial charge in [-0.1, -0.05) is 19.3 Å². The van der Waals surface area contributed by atoms with Crippen LogP contribution in [0.3, 0.4) is 0 Å². The highest BCUT2D eigenvalue weighted by atomic mass is 15.2. The van der Waals surface area contributed by atoms with Crippen molar-refractivity contribution in [1.82, 2.24) is 15.5 Å². The highest BCUT2D eigenvalue weighted by Gasteiger charge is 2.17. The van der Waals surface area contributed by atoms with Crippen LogP contribution in [-0.2, 0) is 0 Å². The maximum atomic E-state index is 4.42. The van der Waals surface area contributed by atoms with Gasteiger partial charge in [0, 0.05) is 26.1 Å². The van der Waals surface area contributed by atoms with Crippen LogP contribution in [0.25, 0.3) is 0 Å². The zero-order chi connectivity index (χ0) is 12.8. The lowest BCUT2D eigenvalue weighted by Crippen LogP contribution is -2.28. The van der Waals surface area contributed by atoms with Crippen LogP contribution in [0.5, 0.6) is 0 Å². The minimum Gasteiger partial charge on any atom is -0.357 e. The van der Waals surface area contributed by atoms with E-state index in [1.165, 1.54) is 37.8 Å². The Balaban J connectivity index is 1.95. The van der Waals surface area contributed by atoms with Gasteiger partial charge < -0.3 is 10.2 Å². The summed E-state index contributed by atoms with van der Waals surface area (Å²) in [4.78, 5) is 2.13. The molecule has 1 N–H and O–H groups in total. The molecule has 0 atom stereocenters. The smallest absolute Gasteiger partial charge is 0.151 e. The van der Waals surface area contributed by atoms with Crippen molar-refractivity contribution in [1.29, 1.82) is 0 Å². The first-order valence-electron chi connectivity index (χ1n) is 7.00. The number of nitrogens with zero attached hydrogens (tertiary/aromatic N) is 3. The van der Waals surface area contributed by atoms with Crippen LogP contribution >= 0.6 is 0 Å². The quantitative estimate of drug-likeness (QED) is 0.867. The van der Waals surface area contributed by atoms with Crippen molar-refractivity contribution >= 4 is 5.82 Å². The van der Waals surface area contributed by atoms with Gasteiger partial charge in [0.2, 0.25) is 0 Å². The molecule has 0 aromatic carbocycles. The summed E-state index contributed by atoms with van der Waals surface area (Å²) in [5, 5.41) is 11.9. The highest BCUT2D eigenvalue weighted by Crippen LogP contribution is 2.31. The summed E-state index contributed by atoms with van der Waals surface area (Å²) in [6.07, 6.45) is 6.63. The number of aromatic nitrogens is 2. The number of hydrogen-bond donors (Lipinski definition) is 1. The van der Waals surface area contributed by atoms with Gasteiger partial charge in [0.1, 0.15) is 0 Å². The molecule has 1 fully saturated rings. The summed E-state index contributed by atoms with van der Waals surface area (Å²) in [6.45, 7) is 1.91. The van der Waals surface area contributed by atoms with E-state index in [4.69, 9.17) is 0 Å². The fraction of sp³-hybridized carbons (Fsp3) is 0.714. The average molecular weight is 248 g/mol. The highest BCUT2D eigenvalue weighted by molar-refractivity contribution is 5.36. The SMILES string of the molecule is CNCCN(C)c1ccc(C2CCCCC2)nn1. The van der Waals surface area contributed by atoms with Crippen molar-refractivity contribution in [2.75, 3.05) is 32.1 Å². The first-order valence-corrected chi connectivity index (χ1v) is 7.00. The molecular weight excluding hydrogens is 224 g/mol. The fourth-order valence-electron chi connectivity index (χ4n) is 2.55.